The van der Waals surface area contributed by atoms with E-state index in [2.05, 4.69) is 15.1 Å². The van der Waals surface area contributed by atoms with E-state index in [1.807, 2.05) is 13.0 Å². The Morgan fingerprint density at radius 2 is 2.04 bits per heavy atom. The molecular formula is C16H13ClN4O2. The van der Waals surface area contributed by atoms with Crippen molar-refractivity contribution < 1.29 is 0 Å². The zero-order chi connectivity index (χ0) is 16.4. The molecule has 3 aromatic rings. The van der Waals surface area contributed by atoms with E-state index < -0.39 is 5.69 Å². The lowest BCUT2D eigenvalue weighted by molar-refractivity contribution is 0.721. The number of pyridine rings is 1. The van der Waals surface area contributed by atoms with E-state index in [4.69, 9.17) is 11.6 Å². The van der Waals surface area contributed by atoms with Gasteiger partial charge in [0.1, 0.15) is 12.2 Å². The average Bonchev–Trinajstić information content (AvgIpc) is 2.54. The molecule has 0 atom stereocenters. The molecule has 23 heavy (non-hydrogen) atoms. The smallest absolute Gasteiger partial charge is 0.276 e. The van der Waals surface area contributed by atoms with Gasteiger partial charge in [0.2, 0.25) is 0 Å². The lowest BCUT2D eigenvalue weighted by Crippen LogP contribution is -2.24. The standard InChI is InChI=1S/C16H13ClN4O2/c1-2-21-15-13(7-6-12(19-15)9-18-23)14(20-16(21)22)10-4-3-5-11(17)8-10/h3-8H,2,9H2,1H3. The number of aryl methyl sites for hydroxylation is 1. The SMILES string of the molecule is CCn1c(=O)nc(-c2cccc(Cl)c2)c2ccc(CN=O)nc21. The molecule has 0 fully saturated rings. The summed E-state index contributed by atoms with van der Waals surface area (Å²) in [6, 6.07) is 10.7. The molecular weight excluding hydrogens is 316 g/mol. The molecule has 2 heterocycles. The van der Waals surface area contributed by atoms with Gasteiger partial charge in [0.05, 0.1) is 11.4 Å². The van der Waals surface area contributed by atoms with E-state index in [0.717, 1.165) is 10.9 Å². The minimum Gasteiger partial charge on any atom is -0.276 e. The van der Waals surface area contributed by atoms with Crippen LogP contribution in [0.1, 0.15) is 12.6 Å². The highest BCUT2D eigenvalue weighted by atomic mass is 35.5. The van der Waals surface area contributed by atoms with Gasteiger partial charge >= 0.3 is 5.69 Å². The average molecular weight is 329 g/mol. The van der Waals surface area contributed by atoms with E-state index >= 15 is 0 Å². The predicted octanol–water partition coefficient (Wildman–Crippen LogP) is 3.40. The molecule has 1 aromatic carbocycles. The van der Waals surface area contributed by atoms with Gasteiger partial charge in [-0.2, -0.15) is 9.89 Å². The van der Waals surface area contributed by atoms with Gasteiger partial charge in [-0.1, -0.05) is 28.9 Å². The van der Waals surface area contributed by atoms with Gasteiger partial charge in [-0.05, 0) is 31.2 Å². The first-order valence-corrected chi connectivity index (χ1v) is 7.47. The zero-order valence-electron chi connectivity index (χ0n) is 12.4. The van der Waals surface area contributed by atoms with Crippen LogP contribution in [0.25, 0.3) is 22.3 Å². The molecule has 0 aliphatic carbocycles. The molecule has 0 aliphatic heterocycles. The second kappa shape index (κ2) is 6.26. The first kappa shape index (κ1) is 15.3. The van der Waals surface area contributed by atoms with Crippen molar-refractivity contribution in [3.8, 4) is 11.3 Å². The van der Waals surface area contributed by atoms with Crippen molar-refractivity contribution >= 4 is 22.6 Å². The van der Waals surface area contributed by atoms with E-state index in [1.54, 1.807) is 30.3 Å². The first-order valence-electron chi connectivity index (χ1n) is 7.09. The van der Waals surface area contributed by atoms with Gasteiger partial charge < -0.3 is 0 Å². The molecule has 0 aliphatic rings. The molecule has 0 N–H and O–H groups in total. The van der Waals surface area contributed by atoms with Crippen LogP contribution < -0.4 is 5.69 Å². The minimum absolute atomic E-state index is 0.0390. The van der Waals surface area contributed by atoms with Crippen LogP contribution in [0.3, 0.4) is 0 Å². The van der Waals surface area contributed by atoms with Crippen LogP contribution in [0.5, 0.6) is 0 Å². The van der Waals surface area contributed by atoms with Crippen molar-refractivity contribution in [2.45, 2.75) is 20.0 Å². The predicted molar refractivity (Wildman–Crippen MR) is 89.4 cm³/mol. The van der Waals surface area contributed by atoms with Crippen molar-refractivity contribution in [2.75, 3.05) is 0 Å². The second-order valence-electron chi connectivity index (χ2n) is 4.96. The summed E-state index contributed by atoms with van der Waals surface area (Å²) in [7, 11) is 0. The quantitative estimate of drug-likeness (QED) is 0.688. The molecule has 6 nitrogen and oxygen atoms in total. The van der Waals surface area contributed by atoms with Gasteiger partial charge in [-0.15, -0.1) is 0 Å². The summed E-state index contributed by atoms with van der Waals surface area (Å²) in [5, 5.41) is 4.14. The first-order chi connectivity index (χ1) is 11.1. The summed E-state index contributed by atoms with van der Waals surface area (Å²) in [5.74, 6) is 0. The Kier molecular flexibility index (Phi) is 4.16. The Balaban J connectivity index is 2.35. The number of fused-ring (bicyclic) bond motifs is 1. The molecule has 0 bridgehead atoms. The van der Waals surface area contributed by atoms with E-state index in [1.165, 1.54) is 4.57 Å². The summed E-state index contributed by atoms with van der Waals surface area (Å²) in [5.41, 5.74) is 1.88. The van der Waals surface area contributed by atoms with Crippen molar-refractivity contribution in [1.82, 2.24) is 14.5 Å². The third-order valence-electron chi connectivity index (χ3n) is 3.52. The highest BCUT2D eigenvalue weighted by molar-refractivity contribution is 6.30. The van der Waals surface area contributed by atoms with Crippen LogP contribution in [0.4, 0.5) is 0 Å². The number of nitroso groups, excluding NO2 is 1. The van der Waals surface area contributed by atoms with Crippen LogP contribution in [0, 0.1) is 4.91 Å². The van der Waals surface area contributed by atoms with Crippen LogP contribution in [-0.4, -0.2) is 14.5 Å². The van der Waals surface area contributed by atoms with Crippen LogP contribution in [0.15, 0.2) is 46.4 Å². The highest BCUT2D eigenvalue weighted by Gasteiger charge is 2.13. The molecule has 3 rings (SSSR count). The number of rotatable bonds is 4. The number of halogens is 1. The maximum atomic E-state index is 12.3. The summed E-state index contributed by atoms with van der Waals surface area (Å²) in [6.45, 7) is 2.24. The molecule has 7 heteroatoms. The molecule has 0 saturated carbocycles. The number of benzene rings is 1. The fraction of sp³-hybridized carbons (Fsp3) is 0.188. The molecule has 0 unspecified atom stereocenters. The fourth-order valence-corrected chi connectivity index (χ4v) is 2.67. The Morgan fingerprint density at radius 3 is 2.74 bits per heavy atom. The molecule has 0 radical (unpaired) electrons. The summed E-state index contributed by atoms with van der Waals surface area (Å²) < 4.78 is 1.47. The molecule has 0 saturated heterocycles. The highest BCUT2D eigenvalue weighted by Crippen LogP contribution is 2.26. The molecule has 0 spiro atoms. The van der Waals surface area contributed by atoms with Crippen LogP contribution >= 0.6 is 11.6 Å². The molecule has 0 amide bonds. The summed E-state index contributed by atoms with van der Waals surface area (Å²) in [6.07, 6.45) is 0. The third-order valence-corrected chi connectivity index (χ3v) is 3.76. The van der Waals surface area contributed by atoms with E-state index in [0.29, 0.717) is 28.6 Å². The van der Waals surface area contributed by atoms with E-state index in [-0.39, 0.29) is 6.54 Å². The maximum Gasteiger partial charge on any atom is 0.349 e. The van der Waals surface area contributed by atoms with Gasteiger partial charge in [0.15, 0.2) is 0 Å². The number of hydrogen-bond donors (Lipinski definition) is 0. The van der Waals surface area contributed by atoms with Gasteiger partial charge in [0, 0.05) is 22.5 Å². The van der Waals surface area contributed by atoms with Crippen LogP contribution in [0.2, 0.25) is 5.02 Å². The summed E-state index contributed by atoms with van der Waals surface area (Å²) >= 11 is 6.04. The lowest BCUT2D eigenvalue weighted by Gasteiger charge is -2.11. The van der Waals surface area contributed by atoms with Crippen molar-refractivity contribution in [2.24, 2.45) is 5.18 Å². The van der Waals surface area contributed by atoms with Crippen LogP contribution in [-0.2, 0) is 13.1 Å². The molecule has 2 aromatic heterocycles. The maximum absolute atomic E-state index is 12.3. The number of nitrogens with zero attached hydrogens (tertiary/aromatic N) is 4. The molecule has 116 valence electrons. The second-order valence-corrected chi connectivity index (χ2v) is 5.39. The lowest BCUT2D eigenvalue weighted by atomic mass is 10.1. The topological polar surface area (TPSA) is 77.2 Å². The Labute approximate surface area is 136 Å². The van der Waals surface area contributed by atoms with Gasteiger partial charge in [-0.25, -0.2) is 9.78 Å². The van der Waals surface area contributed by atoms with Crippen molar-refractivity contribution in [1.29, 1.82) is 0 Å². The summed E-state index contributed by atoms with van der Waals surface area (Å²) in [4.78, 5) is 31.4. The zero-order valence-corrected chi connectivity index (χ0v) is 13.1. The Morgan fingerprint density at radius 1 is 1.22 bits per heavy atom. The Hall–Kier alpha value is -2.60. The van der Waals surface area contributed by atoms with Crippen molar-refractivity contribution in [3.05, 3.63) is 62.5 Å². The van der Waals surface area contributed by atoms with E-state index in [9.17, 15) is 9.70 Å². The fourth-order valence-electron chi connectivity index (χ4n) is 2.48. The third kappa shape index (κ3) is 2.85. The monoisotopic (exact) mass is 328 g/mol. The largest absolute Gasteiger partial charge is 0.349 e. The van der Waals surface area contributed by atoms with Gasteiger partial charge in [0.25, 0.3) is 0 Å². The normalized spacial score (nSPS) is 10.9. The van der Waals surface area contributed by atoms with Gasteiger partial charge in [-0.3, -0.25) is 4.57 Å². The number of hydrogen-bond acceptors (Lipinski definition) is 5. The number of aromatic nitrogens is 3. The van der Waals surface area contributed by atoms with Crippen molar-refractivity contribution in [3.63, 3.8) is 0 Å². The minimum atomic E-state index is -0.390. The Bertz CT molecular complexity index is 952.